The van der Waals surface area contributed by atoms with Crippen LogP contribution in [0.2, 0.25) is 10.0 Å². The van der Waals surface area contributed by atoms with Crippen LogP contribution in [0.1, 0.15) is 30.6 Å². The Morgan fingerprint density at radius 2 is 2.11 bits per heavy atom. The smallest absolute Gasteiger partial charge is 0.0738 e. The van der Waals surface area contributed by atoms with E-state index in [0.717, 1.165) is 28.7 Å². The van der Waals surface area contributed by atoms with Crippen molar-refractivity contribution >= 4 is 39.1 Å². The largest absolute Gasteiger partial charge is 0.319 e. The summed E-state index contributed by atoms with van der Waals surface area (Å²) < 4.78 is 2.82. The van der Waals surface area contributed by atoms with Crippen molar-refractivity contribution in [3.8, 4) is 0 Å². The number of nitrogens with zero attached hydrogens (tertiary/aromatic N) is 2. The van der Waals surface area contributed by atoms with Gasteiger partial charge < -0.3 is 5.73 Å². The monoisotopic (exact) mass is 361 g/mol. The molecule has 0 saturated carbocycles. The second kappa shape index (κ2) is 6.27. The molecule has 0 radical (unpaired) electrons. The van der Waals surface area contributed by atoms with Crippen molar-refractivity contribution < 1.29 is 0 Å². The van der Waals surface area contributed by atoms with Gasteiger partial charge in [0.1, 0.15) is 0 Å². The molecule has 0 fully saturated rings. The maximum Gasteiger partial charge on any atom is 0.0738 e. The predicted octanol–water partition coefficient (Wildman–Crippen LogP) is 4.41. The maximum absolute atomic E-state index is 6.32. The molecule has 6 heteroatoms. The van der Waals surface area contributed by atoms with Crippen molar-refractivity contribution in [3.05, 3.63) is 50.2 Å². The van der Waals surface area contributed by atoms with E-state index in [9.17, 15) is 0 Å². The molecule has 2 N–H and O–H groups in total. The predicted molar refractivity (Wildman–Crippen MR) is 82.7 cm³/mol. The second-order valence-electron chi connectivity index (χ2n) is 4.25. The molecule has 0 aliphatic carbocycles. The Morgan fingerprint density at radius 3 is 2.74 bits per heavy atom. The number of aryl methyl sites for hydroxylation is 1. The molecule has 1 aromatic carbocycles. The molecule has 1 aromatic heterocycles. The normalized spacial score (nSPS) is 12.7. The Hall–Kier alpha value is -0.550. The molecule has 3 nitrogen and oxygen atoms in total. The quantitative estimate of drug-likeness (QED) is 0.875. The summed E-state index contributed by atoms with van der Waals surface area (Å²) in [5.41, 5.74) is 8.17. The Morgan fingerprint density at radius 1 is 1.37 bits per heavy atom. The van der Waals surface area contributed by atoms with E-state index in [1.807, 2.05) is 10.7 Å². The molecular weight excluding hydrogens is 349 g/mol. The van der Waals surface area contributed by atoms with E-state index < -0.39 is 0 Å². The van der Waals surface area contributed by atoms with Gasteiger partial charge in [0, 0.05) is 6.54 Å². The second-order valence-corrected chi connectivity index (χ2v) is 5.92. The molecular formula is C13H14BrCl2N3. The molecule has 1 heterocycles. The summed E-state index contributed by atoms with van der Waals surface area (Å²) in [6, 6.07) is 5.14. The standard InChI is InChI=1S/C13H14BrCl2N3/c1-2-5-19-13(9(14)7-18-19)12(17)8-3-4-10(15)11(16)6-8/h3-4,6-7,12H,2,5,17H2,1H3. The SMILES string of the molecule is CCCn1ncc(Br)c1C(N)c1ccc(Cl)c(Cl)c1. The molecule has 0 saturated heterocycles. The van der Waals surface area contributed by atoms with Crippen molar-refractivity contribution in [1.82, 2.24) is 9.78 Å². The Labute approximate surface area is 130 Å². The summed E-state index contributed by atoms with van der Waals surface area (Å²) >= 11 is 15.5. The number of halogens is 3. The van der Waals surface area contributed by atoms with Gasteiger partial charge in [0.2, 0.25) is 0 Å². The minimum absolute atomic E-state index is 0.293. The highest BCUT2D eigenvalue weighted by Crippen LogP contribution is 2.30. The fourth-order valence-electron chi connectivity index (χ4n) is 1.93. The zero-order valence-corrected chi connectivity index (χ0v) is 13.5. The third-order valence-corrected chi connectivity index (χ3v) is 4.22. The van der Waals surface area contributed by atoms with Crippen molar-refractivity contribution in [2.75, 3.05) is 0 Å². The molecule has 0 bridgehead atoms. The Bertz CT molecular complexity index is 583. The lowest BCUT2D eigenvalue weighted by atomic mass is 10.0. The van der Waals surface area contributed by atoms with E-state index >= 15 is 0 Å². The van der Waals surface area contributed by atoms with Crippen LogP contribution in [0.3, 0.4) is 0 Å². The van der Waals surface area contributed by atoms with E-state index in [-0.39, 0.29) is 6.04 Å². The summed E-state index contributed by atoms with van der Waals surface area (Å²) in [6.45, 7) is 2.93. The van der Waals surface area contributed by atoms with Crippen LogP contribution >= 0.6 is 39.1 Å². The van der Waals surface area contributed by atoms with Crippen LogP contribution in [0.5, 0.6) is 0 Å². The van der Waals surface area contributed by atoms with E-state index in [1.165, 1.54) is 0 Å². The summed E-state index contributed by atoms with van der Waals surface area (Å²) in [5.74, 6) is 0. The highest BCUT2D eigenvalue weighted by molar-refractivity contribution is 9.10. The average Bonchev–Trinajstić information content (AvgIpc) is 2.74. The molecule has 0 amide bonds. The maximum atomic E-state index is 6.32. The third-order valence-electron chi connectivity index (χ3n) is 2.87. The van der Waals surface area contributed by atoms with E-state index in [4.69, 9.17) is 28.9 Å². The molecule has 19 heavy (non-hydrogen) atoms. The molecule has 1 atom stereocenters. The molecule has 102 valence electrons. The van der Waals surface area contributed by atoms with Crippen molar-refractivity contribution in [1.29, 1.82) is 0 Å². The van der Waals surface area contributed by atoms with Crippen molar-refractivity contribution in [2.24, 2.45) is 5.73 Å². The summed E-state index contributed by atoms with van der Waals surface area (Å²) in [4.78, 5) is 0. The molecule has 0 aliphatic rings. The lowest BCUT2D eigenvalue weighted by Crippen LogP contribution is -2.18. The molecule has 1 unspecified atom stereocenters. The number of hydrogen-bond donors (Lipinski definition) is 1. The van der Waals surface area contributed by atoms with Gasteiger partial charge in [-0.3, -0.25) is 4.68 Å². The number of benzene rings is 1. The van der Waals surface area contributed by atoms with Crippen LogP contribution in [0, 0.1) is 0 Å². The fourth-order valence-corrected chi connectivity index (χ4v) is 2.78. The van der Waals surface area contributed by atoms with Gasteiger partial charge in [-0.2, -0.15) is 5.10 Å². The molecule has 2 rings (SSSR count). The van der Waals surface area contributed by atoms with Gasteiger partial charge in [0.05, 0.1) is 32.5 Å². The van der Waals surface area contributed by atoms with Gasteiger partial charge >= 0.3 is 0 Å². The van der Waals surface area contributed by atoms with Crippen LogP contribution < -0.4 is 5.73 Å². The van der Waals surface area contributed by atoms with Gasteiger partial charge in [-0.05, 0) is 40.0 Å². The number of rotatable bonds is 4. The molecule has 2 aromatic rings. The Balaban J connectivity index is 2.40. The number of hydrogen-bond acceptors (Lipinski definition) is 2. The average molecular weight is 363 g/mol. The summed E-state index contributed by atoms with van der Waals surface area (Å²) in [7, 11) is 0. The Kier molecular flexibility index (Phi) is 4.90. The summed E-state index contributed by atoms with van der Waals surface area (Å²) in [6.07, 6.45) is 2.76. The molecule has 0 aliphatic heterocycles. The van der Waals surface area contributed by atoms with Gasteiger partial charge in [0.25, 0.3) is 0 Å². The van der Waals surface area contributed by atoms with Crippen LogP contribution in [0.15, 0.2) is 28.9 Å². The van der Waals surface area contributed by atoms with Crippen LogP contribution in [0.25, 0.3) is 0 Å². The van der Waals surface area contributed by atoms with E-state index in [2.05, 4.69) is 28.0 Å². The minimum Gasteiger partial charge on any atom is -0.319 e. The zero-order chi connectivity index (χ0) is 14.0. The highest BCUT2D eigenvalue weighted by atomic mass is 79.9. The highest BCUT2D eigenvalue weighted by Gasteiger charge is 2.18. The van der Waals surface area contributed by atoms with Crippen LogP contribution in [-0.4, -0.2) is 9.78 Å². The zero-order valence-electron chi connectivity index (χ0n) is 10.4. The third kappa shape index (κ3) is 3.14. The first-order valence-corrected chi connectivity index (χ1v) is 7.51. The number of aromatic nitrogens is 2. The topological polar surface area (TPSA) is 43.8 Å². The van der Waals surface area contributed by atoms with Crippen LogP contribution in [-0.2, 0) is 6.54 Å². The first-order chi connectivity index (χ1) is 9.04. The van der Waals surface area contributed by atoms with Crippen LogP contribution in [0.4, 0.5) is 0 Å². The number of nitrogens with two attached hydrogens (primary N) is 1. The van der Waals surface area contributed by atoms with E-state index in [1.54, 1.807) is 18.3 Å². The van der Waals surface area contributed by atoms with E-state index in [0.29, 0.717) is 10.0 Å². The molecule has 0 spiro atoms. The van der Waals surface area contributed by atoms with Gasteiger partial charge in [0.15, 0.2) is 0 Å². The lowest BCUT2D eigenvalue weighted by Gasteiger charge is -2.16. The fraction of sp³-hybridized carbons (Fsp3) is 0.308. The van der Waals surface area contributed by atoms with Crippen molar-refractivity contribution in [2.45, 2.75) is 25.9 Å². The van der Waals surface area contributed by atoms with Crippen molar-refractivity contribution in [3.63, 3.8) is 0 Å². The van der Waals surface area contributed by atoms with Gasteiger partial charge in [-0.1, -0.05) is 36.2 Å². The first kappa shape index (κ1) is 14.9. The lowest BCUT2D eigenvalue weighted by molar-refractivity contribution is 0.559. The first-order valence-electron chi connectivity index (χ1n) is 5.96. The van der Waals surface area contributed by atoms with Gasteiger partial charge in [-0.25, -0.2) is 0 Å². The summed E-state index contributed by atoms with van der Waals surface area (Å²) in [5, 5.41) is 5.36. The minimum atomic E-state index is -0.293. The van der Waals surface area contributed by atoms with Gasteiger partial charge in [-0.15, -0.1) is 0 Å².